The third kappa shape index (κ3) is 5.15. The fourth-order valence-corrected chi connectivity index (χ4v) is 4.50. The van der Waals surface area contributed by atoms with Crippen molar-refractivity contribution >= 4 is 5.69 Å². The maximum atomic E-state index is 5.95. The minimum Gasteiger partial charge on any atom is -0.481 e. The molecule has 1 aliphatic carbocycles. The second-order valence-corrected chi connectivity index (χ2v) is 8.83. The summed E-state index contributed by atoms with van der Waals surface area (Å²) in [5, 5.41) is 12.1. The van der Waals surface area contributed by atoms with Crippen LogP contribution in [-0.2, 0) is 6.42 Å². The standard InChI is InChI=1S/C25H31N5O2/c1-16(2)22-11-19(12-24-29-30-25(32-24)18-6-5-9-26-13-18)17(3)10-20(22)14-27-21-7-8-23(31-4)28-15-21/h5-10,13,15-16,19-20,22,27H,11-12,14H2,1-4H3/t19-,20-,22-/m0/s1. The van der Waals surface area contributed by atoms with Gasteiger partial charge in [0, 0.05) is 31.4 Å². The van der Waals surface area contributed by atoms with Crippen LogP contribution in [0.15, 0.2) is 58.9 Å². The van der Waals surface area contributed by atoms with E-state index in [9.17, 15) is 0 Å². The summed E-state index contributed by atoms with van der Waals surface area (Å²) in [6, 6.07) is 7.69. The van der Waals surface area contributed by atoms with Crippen LogP contribution < -0.4 is 10.1 Å². The summed E-state index contributed by atoms with van der Waals surface area (Å²) in [4.78, 5) is 8.42. The van der Waals surface area contributed by atoms with Gasteiger partial charge in [0.1, 0.15) is 0 Å². The zero-order valence-corrected chi connectivity index (χ0v) is 19.2. The number of nitrogens with zero attached hydrogens (tertiary/aromatic N) is 4. The fourth-order valence-electron chi connectivity index (χ4n) is 4.50. The highest BCUT2D eigenvalue weighted by Gasteiger charge is 2.32. The minimum absolute atomic E-state index is 0.406. The molecule has 4 rings (SSSR count). The number of hydrogen-bond donors (Lipinski definition) is 1. The van der Waals surface area contributed by atoms with Crippen LogP contribution in [0.2, 0.25) is 0 Å². The quantitative estimate of drug-likeness (QED) is 0.498. The van der Waals surface area contributed by atoms with Crippen molar-refractivity contribution < 1.29 is 9.15 Å². The molecule has 1 aliphatic rings. The molecule has 0 saturated heterocycles. The van der Waals surface area contributed by atoms with E-state index in [1.165, 1.54) is 5.57 Å². The van der Waals surface area contributed by atoms with Gasteiger partial charge >= 0.3 is 0 Å². The van der Waals surface area contributed by atoms with Gasteiger partial charge < -0.3 is 14.5 Å². The summed E-state index contributed by atoms with van der Waals surface area (Å²) in [5.74, 6) is 3.86. The molecule has 7 heteroatoms. The van der Waals surface area contributed by atoms with Gasteiger partial charge in [0.05, 0.1) is 24.6 Å². The molecule has 168 valence electrons. The molecule has 0 unspecified atom stereocenters. The Labute approximate surface area is 189 Å². The van der Waals surface area contributed by atoms with Crippen molar-refractivity contribution in [3.63, 3.8) is 0 Å². The Kier molecular flexibility index (Phi) is 6.83. The number of aromatic nitrogens is 4. The van der Waals surface area contributed by atoms with Gasteiger partial charge in [0.2, 0.25) is 17.7 Å². The van der Waals surface area contributed by atoms with E-state index in [4.69, 9.17) is 9.15 Å². The normalized spacial score (nSPS) is 20.8. The summed E-state index contributed by atoms with van der Waals surface area (Å²) in [5.41, 5.74) is 3.25. The van der Waals surface area contributed by atoms with Gasteiger partial charge in [-0.1, -0.05) is 25.5 Å². The van der Waals surface area contributed by atoms with Crippen molar-refractivity contribution in [3.05, 3.63) is 60.4 Å². The first-order valence-electron chi connectivity index (χ1n) is 11.2. The molecule has 0 radical (unpaired) electrons. The molecular weight excluding hydrogens is 402 g/mol. The van der Waals surface area contributed by atoms with Crippen LogP contribution in [0.5, 0.6) is 5.88 Å². The number of nitrogens with one attached hydrogen (secondary N) is 1. The lowest BCUT2D eigenvalue weighted by molar-refractivity contribution is 0.229. The zero-order chi connectivity index (χ0) is 22.5. The van der Waals surface area contributed by atoms with Crippen molar-refractivity contribution in [3.8, 4) is 17.3 Å². The van der Waals surface area contributed by atoms with Crippen molar-refractivity contribution in [2.45, 2.75) is 33.6 Å². The Bertz CT molecular complexity index is 1030. The Balaban J connectivity index is 1.43. The predicted octanol–water partition coefficient (Wildman–Crippen LogP) is 5.04. The molecule has 3 aromatic heterocycles. The Hall–Kier alpha value is -3.22. The second kappa shape index (κ2) is 9.94. The van der Waals surface area contributed by atoms with E-state index in [1.807, 2.05) is 30.5 Å². The van der Waals surface area contributed by atoms with E-state index < -0.39 is 0 Å². The number of anilines is 1. The smallest absolute Gasteiger partial charge is 0.249 e. The Morgan fingerprint density at radius 3 is 2.75 bits per heavy atom. The molecule has 0 bridgehead atoms. The van der Waals surface area contributed by atoms with Crippen molar-refractivity contribution in [2.24, 2.45) is 23.7 Å². The molecule has 1 N–H and O–H groups in total. The highest BCUT2D eigenvalue weighted by atomic mass is 16.5. The highest BCUT2D eigenvalue weighted by Crippen LogP contribution is 2.39. The average molecular weight is 434 g/mol. The summed E-state index contributed by atoms with van der Waals surface area (Å²) >= 11 is 0. The lowest BCUT2D eigenvalue weighted by Gasteiger charge is -2.37. The van der Waals surface area contributed by atoms with Crippen LogP contribution in [0.25, 0.3) is 11.5 Å². The van der Waals surface area contributed by atoms with Gasteiger partial charge in [-0.25, -0.2) is 4.98 Å². The molecule has 0 spiro atoms. The second-order valence-electron chi connectivity index (χ2n) is 8.83. The average Bonchev–Trinajstić information content (AvgIpc) is 3.28. The molecule has 3 aromatic rings. The van der Waals surface area contributed by atoms with Gasteiger partial charge in [0.25, 0.3) is 0 Å². The SMILES string of the molecule is COc1ccc(NC[C@@H]2C=C(C)[C@H](Cc3nnc(-c4cccnc4)o3)C[C@H]2C(C)C)cn1. The van der Waals surface area contributed by atoms with Crippen LogP contribution in [-0.4, -0.2) is 33.8 Å². The number of allylic oxidation sites excluding steroid dienone is 1. The monoisotopic (exact) mass is 433 g/mol. The summed E-state index contributed by atoms with van der Waals surface area (Å²) in [7, 11) is 1.63. The Morgan fingerprint density at radius 2 is 2.06 bits per heavy atom. The first-order valence-corrected chi connectivity index (χ1v) is 11.2. The van der Waals surface area contributed by atoms with Crippen LogP contribution in [0.4, 0.5) is 5.69 Å². The maximum absolute atomic E-state index is 5.95. The molecule has 0 amide bonds. The lowest BCUT2D eigenvalue weighted by atomic mass is 9.70. The zero-order valence-electron chi connectivity index (χ0n) is 19.2. The van der Waals surface area contributed by atoms with E-state index in [-0.39, 0.29) is 0 Å². The van der Waals surface area contributed by atoms with E-state index in [0.717, 1.165) is 30.6 Å². The minimum atomic E-state index is 0.406. The summed E-state index contributed by atoms with van der Waals surface area (Å²) in [6.45, 7) is 7.73. The molecule has 32 heavy (non-hydrogen) atoms. The van der Waals surface area contributed by atoms with Crippen LogP contribution in [0.1, 0.15) is 33.1 Å². The molecule has 3 heterocycles. The summed E-state index contributed by atoms with van der Waals surface area (Å²) < 4.78 is 11.1. The lowest BCUT2D eigenvalue weighted by Crippen LogP contribution is -2.32. The van der Waals surface area contributed by atoms with Crippen LogP contribution >= 0.6 is 0 Å². The number of methoxy groups -OCH3 is 1. The largest absolute Gasteiger partial charge is 0.481 e. The third-order valence-corrected chi connectivity index (χ3v) is 6.37. The number of ether oxygens (including phenoxy) is 1. The van der Waals surface area contributed by atoms with Gasteiger partial charge in [0.15, 0.2) is 0 Å². The fraction of sp³-hybridized carbons (Fsp3) is 0.440. The molecule has 0 fully saturated rings. The van der Waals surface area contributed by atoms with E-state index >= 15 is 0 Å². The highest BCUT2D eigenvalue weighted by molar-refractivity contribution is 5.50. The first kappa shape index (κ1) is 22.0. The van der Waals surface area contributed by atoms with Gasteiger partial charge in [-0.15, -0.1) is 10.2 Å². The summed E-state index contributed by atoms with van der Waals surface area (Å²) in [6.07, 6.45) is 9.61. The third-order valence-electron chi connectivity index (χ3n) is 6.37. The number of hydrogen-bond acceptors (Lipinski definition) is 7. The molecule has 0 aliphatic heterocycles. The van der Waals surface area contributed by atoms with E-state index in [0.29, 0.717) is 41.3 Å². The van der Waals surface area contributed by atoms with Gasteiger partial charge in [-0.05, 0) is 55.2 Å². The Morgan fingerprint density at radius 1 is 1.19 bits per heavy atom. The van der Waals surface area contributed by atoms with Crippen LogP contribution in [0, 0.1) is 23.7 Å². The van der Waals surface area contributed by atoms with E-state index in [1.54, 1.807) is 19.5 Å². The maximum Gasteiger partial charge on any atom is 0.249 e. The molecule has 0 aromatic carbocycles. The number of pyridine rings is 2. The van der Waals surface area contributed by atoms with Crippen molar-refractivity contribution in [1.82, 2.24) is 20.2 Å². The molecule has 0 saturated carbocycles. The topological polar surface area (TPSA) is 86.0 Å². The first-order chi connectivity index (χ1) is 15.5. The molecule has 3 atom stereocenters. The van der Waals surface area contributed by atoms with Gasteiger partial charge in [-0.3, -0.25) is 4.98 Å². The van der Waals surface area contributed by atoms with Gasteiger partial charge in [-0.2, -0.15) is 0 Å². The molecule has 7 nitrogen and oxygen atoms in total. The van der Waals surface area contributed by atoms with Crippen molar-refractivity contribution in [2.75, 3.05) is 19.0 Å². The van der Waals surface area contributed by atoms with Crippen molar-refractivity contribution in [1.29, 1.82) is 0 Å². The van der Waals surface area contributed by atoms with E-state index in [2.05, 4.69) is 52.3 Å². The van der Waals surface area contributed by atoms with Crippen LogP contribution in [0.3, 0.4) is 0 Å². The predicted molar refractivity (Wildman–Crippen MR) is 124 cm³/mol. The number of rotatable bonds is 8. The molecular formula is C25H31N5O2.